The smallest absolute Gasteiger partial charge is 0.264 e. The second-order valence-electron chi connectivity index (χ2n) is 6.91. The highest BCUT2D eigenvalue weighted by Crippen LogP contribution is 2.29. The van der Waals surface area contributed by atoms with Crippen molar-refractivity contribution in [2.24, 2.45) is 0 Å². The number of carbonyl (C=O) groups is 1. The van der Waals surface area contributed by atoms with Crippen LogP contribution in [0.2, 0.25) is 10.0 Å². The van der Waals surface area contributed by atoms with Gasteiger partial charge in [-0.05, 0) is 42.3 Å². The Balaban J connectivity index is 1.46. The number of aromatic nitrogens is 1. The van der Waals surface area contributed by atoms with Gasteiger partial charge in [-0.1, -0.05) is 23.2 Å². The molecule has 7 nitrogen and oxygen atoms in total. The minimum atomic E-state index is -4.13. The first-order chi connectivity index (χ1) is 13.7. The molecule has 0 aliphatic carbocycles. The van der Waals surface area contributed by atoms with Gasteiger partial charge in [0.15, 0.2) is 0 Å². The predicted octanol–water partition coefficient (Wildman–Crippen LogP) is 3.04. The molecule has 1 aliphatic rings. The summed E-state index contributed by atoms with van der Waals surface area (Å²) in [5.41, 5.74) is 3.14. The first-order valence-corrected chi connectivity index (χ1v) is 11.0. The van der Waals surface area contributed by atoms with Crippen LogP contribution in [0, 0.1) is 0 Å². The van der Waals surface area contributed by atoms with Crippen molar-refractivity contribution in [2.75, 3.05) is 13.1 Å². The van der Waals surface area contributed by atoms with Crippen LogP contribution in [0.4, 0.5) is 0 Å². The first kappa shape index (κ1) is 20.0. The summed E-state index contributed by atoms with van der Waals surface area (Å²) in [7, 11) is -4.13. The monoisotopic (exact) mass is 453 g/mol. The third-order valence-corrected chi connectivity index (χ3v) is 6.60. The normalized spacial score (nSPS) is 14.7. The van der Waals surface area contributed by atoms with Crippen molar-refractivity contribution in [2.45, 2.75) is 17.9 Å². The zero-order valence-corrected chi connectivity index (χ0v) is 17.4. The summed E-state index contributed by atoms with van der Waals surface area (Å²) >= 11 is 11.9. The Bertz CT molecular complexity index is 1200. The lowest BCUT2D eigenvalue weighted by Crippen LogP contribution is -2.41. The Morgan fingerprint density at radius 1 is 1.17 bits per heavy atom. The molecule has 0 unspecified atom stereocenters. The van der Waals surface area contributed by atoms with Gasteiger partial charge in [-0.3, -0.25) is 9.69 Å². The van der Waals surface area contributed by atoms with Crippen LogP contribution in [-0.2, 0) is 27.8 Å². The molecule has 3 aromatic rings. The van der Waals surface area contributed by atoms with Crippen LogP contribution in [-0.4, -0.2) is 42.4 Å². The molecule has 0 saturated heterocycles. The van der Waals surface area contributed by atoms with Crippen molar-refractivity contribution in [1.82, 2.24) is 14.6 Å². The maximum absolute atomic E-state index is 12.4. The van der Waals surface area contributed by atoms with Gasteiger partial charge in [-0.25, -0.2) is 13.1 Å². The molecule has 1 aromatic heterocycles. The van der Waals surface area contributed by atoms with E-state index in [9.17, 15) is 18.3 Å². The molecule has 0 atom stereocenters. The van der Waals surface area contributed by atoms with E-state index in [1.807, 2.05) is 27.8 Å². The average molecular weight is 454 g/mol. The molecule has 29 heavy (non-hydrogen) atoms. The Labute approximate surface area is 177 Å². The number of aromatic amines is 1. The lowest BCUT2D eigenvalue weighted by molar-refractivity contribution is -0.120. The van der Waals surface area contributed by atoms with Crippen LogP contribution in [0.1, 0.15) is 11.3 Å². The lowest BCUT2D eigenvalue weighted by Gasteiger charge is -2.26. The summed E-state index contributed by atoms with van der Waals surface area (Å²) in [6, 6.07) is 9.06. The number of nitrogens with zero attached hydrogens (tertiary/aromatic N) is 1. The summed E-state index contributed by atoms with van der Waals surface area (Å²) in [4.78, 5) is 17.3. The summed E-state index contributed by atoms with van der Waals surface area (Å²) in [6.07, 6.45) is 0.720. The zero-order valence-electron chi connectivity index (χ0n) is 15.1. The molecule has 1 amide bonds. The molecule has 3 N–H and O–H groups in total. The number of carbonyl (C=O) groups excluding carboxylic acids is 1. The van der Waals surface area contributed by atoms with Crippen molar-refractivity contribution in [1.29, 1.82) is 0 Å². The summed E-state index contributed by atoms with van der Waals surface area (Å²) in [6.45, 7) is 1.02. The fraction of sp³-hybridized carbons (Fsp3) is 0.211. The number of aromatic hydroxyl groups is 1. The number of sulfonamides is 1. The van der Waals surface area contributed by atoms with Crippen molar-refractivity contribution < 1.29 is 18.3 Å². The molecule has 0 fully saturated rings. The standard InChI is InChI=1S/C19H17Cl2N3O4S/c20-11-1-2-17-16(7-11)15-3-4-24(9-18(15)22-17)10-19(26)23-29(27,28)14-6-12(21)5-13(25)8-14/h1-2,5-8,22,25H,3-4,9-10H2,(H,23,26). The molecule has 0 spiro atoms. The summed E-state index contributed by atoms with van der Waals surface area (Å²) in [5, 5.41) is 11.3. The van der Waals surface area contributed by atoms with Gasteiger partial charge in [-0.2, -0.15) is 0 Å². The number of hydrogen-bond acceptors (Lipinski definition) is 5. The Morgan fingerprint density at radius 2 is 1.97 bits per heavy atom. The number of nitrogens with one attached hydrogen (secondary N) is 2. The molecule has 152 valence electrons. The van der Waals surface area contributed by atoms with E-state index in [1.54, 1.807) is 0 Å². The molecular weight excluding hydrogens is 437 g/mol. The molecule has 2 heterocycles. The number of benzene rings is 2. The summed E-state index contributed by atoms with van der Waals surface area (Å²) < 4.78 is 26.8. The third-order valence-electron chi connectivity index (χ3n) is 4.80. The number of halogens is 2. The van der Waals surface area contributed by atoms with Gasteiger partial charge in [0.05, 0.1) is 11.4 Å². The second-order valence-corrected chi connectivity index (χ2v) is 9.46. The highest BCUT2D eigenvalue weighted by Gasteiger charge is 2.25. The predicted molar refractivity (Wildman–Crippen MR) is 111 cm³/mol. The molecule has 1 aliphatic heterocycles. The fourth-order valence-electron chi connectivity index (χ4n) is 3.55. The number of phenols is 1. The third kappa shape index (κ3) is 4.20. The van der Waals surface area contributed by atoms with E-state index in [0.717, 1.165) is 29.1 Å². The molecule has 10 heteroatoms. The van der Waals surface area contributed by atoms with Gasteiger partial charge in [0.1, 0.15) is 5.75 Å². The van der Waals surface area contributed by atoms with Crippen molar-refractivity contribution >= 4 is 50.0 Å². The summed E-state index contributed by atoms with van der Waals surface area (Å²) in [5.74, 6) is -0.958. The van der Waals surface area contributed by atoms with Crippen LogP contribution in [0.3, 0.4) is 0 Å². The topological polar surface area (TPSA) is 103 Å². The van der Waals surface area contributed by atoms with Crippen LogP contribution in [0.15, 0.2) is 41.3 Å². The number of amides is 1. The maximum Gasteiger partial charge on any atom is 0.264 e. The Morgan fingerprint density at radius 3 is 2.72 bits per heavy atom. The lowest BCUT2D eigenvalue weighted by atomic mass is 10.0. The van der Waals surface area contributed by atoms with E-state index >= 15 is 0 Å². The molecular formula is C19H17Cl2N3O4S. The molecule has 0 bridgehead atoms. The van der Waals surface area contributed by atoms with Crippen molar-refractivity contribution in [3.63, 3.8) is 0 Å². The van der Waals surface area contributed by atoms with Crippen molar-refractivity contribution in [3.05, 3.63) is 57.7 Å². The average Bonchev–Trinajstić information content (AvgIpc) is 2.97. The Hall–Kier alpha value is -2.26. The van der Waals surface area contributed by atoms with E-state index < -0.39 is 15.9 Å². The molecule has 4 rings (SSSR count). The molecule has 0 saturated carbocycles. The second kappa shape index (κ2) is 7.53. The highest BCUT2D eigenvalue weighted by atomic mass is 35.5. The van der Waals surface area contributed by atoms with Gasteiger partial charge in [0.2, 0.25) is 5.91 Å². The number of hydrogen-bond donors (Lipinski definition) is 3. The van der Waals surface area contributed by atoms with E-state index in [1.165, 1.54) is 17.7 Å². The number of H-pyrrole nitrogens is 1. The molecule has 0 radical (unpaired) electrons. The van der Waals surface area contributed by atoms with Gasteiger partial charge in [-0.15, -0.1) is 0 Å². The molecule has 2 aromatic carbocycles. The van der Waals surface area contributed by atoms with Gasteiger partial charge < -0.3 is 10.1 Å². The fourth-order valence-corrected chi connectivity index (χ4v) is 5.06. The minimum absolute atomic E-state index is 0.0558. The largest absolute Gasteiger partial charge is 0.508 e. The SMILES string of the molecule is O=C(CN1CCc2c([nH]c3ccc(Cl)cc23)C1)NS(=O)(=O)c1cc(O)cc(Cl)c1. The maximum atomic E-state index is 12.4. The van der Waals surface area contributed by atoms with Crippen LogP contribution in [0.5, 0.6) is 5.75 Å². The highest BCUT2D eigenvalue weighted by molar-refractivity contribution is 7.90. The van der Waals surface area contributed by atoms with Gasteiger partial charge in [0, 0.05) is 45.8 Å². The van der Waals surface area contributed by atoms with Crippen LogP contribution >= 0.6 is 23.2 Å². The van der Waals surface area contributed by atoms with E-state index in [4.69, 9.17) is 23.2 Å². The Kier molecular flexibility index (Phi) is 5.20. The van der Waals surface area contributed by atoms with Gasteiger partial charge in [0.25, 0.3) is 10.0 Å². The first-order valence-electron chi connectivity index (χ1n) is 8.78. The van der Waals surface area contributed by atoms with E-state index in [0.29, 0.717) is 18.1 Å². The van der Waals surface area contributed by atoms with Crippen LogP contribution in [0.25, 0.3) is 10.9 Å². The zero-order chi connectivity index (χ0) is 20.8. The van der Waals surface area contributed by atoms with Crippen molar-refractivity contribution in [3.8, 4) is 5.75 Å². The number of fused-ring (bicyclic) bond motifs is 3. The quantitative estimate of drug-likeness (QED) is 0.563. The van der Waals surface area contributed by atoms with E-state index in [2.05, 4.69) is 4.98 Å². The van der Waals surface area contributed by atoms with Crippen LogP contribution < -0.4 is 4.72 Å². The van der Waals surface area contributed by atoms with Gasteiger partial charge >= 0.3 is 0 Å². The van der Waals surface area contributed by atoms with E-state index in [-0.39, 0.29) is 22.2 Å². The number of phenolic OH excluding ortho intramolecular Hbond substituents is 1. The number of rotatable bonds is 4. The minimum Gasteiger partial charge on any atom is -0.508 e.